The van der Waals surface area contributed by atoms with Crippen molar-refractivity contribution in [1.29, 1.82) is 0 Å². The van der Waals surface area contributed by atoms with Crippen molar-refractivity contribution in [3.8, 4) is 17.1 Å². The maximum absolute atomic E-state index is 12.7. The summed E-state index contributed by atoms with van der Waals surface area (Å²) >= 11 is 0. The molecule has 8 nitrogen and oxygen atoms in total. The number of nitrogens with one attached hydrogen (secondary N) is 1. The van der Waals surface area contributed by atoms with Crippen molar-refractivity contribution < 1.29 is 18.8 Å². The molecule has 33 heavy (non-hydrogen) atoms. The molecule has 2 fully saturated rings. The lowest BCUT2D eigenvalue weighted by atomic mass is 9.88. The van der Waals surface area contributed by atoms with Gasteiger partial charge in [0.15, 0.2) is 0 Å². The molecule has 0 atom stereocenters. The second-order valence-electron chi connectivity index (χ2n) is 8.97. The molecule has 1 saturated heterocycles. The van der Waals surface area contributed by atoms with Gasteiger partial charge in [-0.25, -0.2) is 0 Å². The van der Waals surface area contributed by atoms with Crippen LogP contribution in [0.4, 0.5) is 0 Å². The average Bonchev–Trinajstić information content (AvgIpc) is 3.33. The van der Waals surface area contributed by atoms with Crippen molar-refractivity contribution in [3.05, 3.63) is 30.2 Å². The molecule has 1 aliphatic heterocycles. The van der Waals surface area contributed by atoms with E-state index in [4.69, 9.17) is 9.26 Å². The summed E-state index contributed by atoms with van der Waals surface area (Å²) in [6.45, 7) is 3.91. The molecule has 0 bridgehead atoms. The number of likely N-dealkylation sites (tertiary alicyclic amines) is 1. The number of amides is 2. The number of piperidine rings is 1. The summed E-state index contributed by atoms with van der Waals surface area (Å²) in [7, 11) is 0. The Labute approximate surface area is 195 Å². The SMILES string of the molecule is CCOc1ccc(-c2noc(CCC(=O)N3CCC(NC(=O)C4CCCCC4)CC3)n2)cc1. The van der Waals surface area contributed by atoms with Crippen molar-refractivity contribution >= 4 is 11.8 Å². The van der Waals surface area contributed by atoms with E-state index in [2.05, 4.69) is 15.5 Å². The molecule has 1 aliphatic carbocycles. The monoisotopic (exact) mass is 454 g/mol. The van der Waals surface area contributed by atoms with E-state index in [1.54, 1.807) is 0 Å². The van der Waals surface area contributed by atoms with Gasteiger partial charge >= 0.3 is 0 Å². The molecule has 0 unspecified atom stereocenters. The van der Waals surface area contributed by atoms with Gasteiger partial charge in [0.1, 0.15) is 5.75 Å². The Morgan fingerprint density at radius 1 is 1.09 bits per heavy atom. The summed E-state index contributed by atoms with van der Waals surface area (Å²) in [6, 6.07) is 7.71. The number of benzene rings is 1. The van der Waals surface area contributed by atoms with E-state index in [1.165, 1.54) is 6.42 Å². The fourth-order valence-corrected chi connectivity index (χ4v) is 4.67. The standard InChI is InChI=1S/C25H34N4O4/c1-2-32-21-10-8-18(9-11-21)24-27-22(33-28-24)12-13-23(30)29-16-14-20(15-17-29)26-25(31)19-6-4-3-5-7-19/h8-11,19-20H,2-7,12-17H2,1H3,(H,26,31). The second-order valence-corrected chi connectivity index (χ2v) is 8.97. The van der Waals surface area contributed by atoms with Gasteiger partial charge in [0.2, 0.25) is 23.5 Å². The van der Waals surface area contributed by atoms with Crippen LogP contribution in [0.15, 0.2) is 28.8 Å². The molecule has 1 aromatic heterocycles. The predicted molar refractivity (Wildman–Crippen MR) is 124 cm³/mol. The molecule has 0 radical (unpaired) electrons. The van der Waals surface area contributed by atoms with E-state index >= 15 is 0 Å². The van der Waals surface area contributed by atoms with Gasteiger partial charge in [-0.05, 0) is 56.9 Å². The van der Waals surface area contributed by atoms with E-state index in [0.717, 1.165) is 49.8 Å². The van der Waals surface area contributed by atoms with Crippen LogP contribution in [0.25, 0.3) is 11.4 Å². The first-order chi connectivity index (χ1) is 16.1. The Morgan fingerprint density at radius 3 is 2.52 bits per heavy atom. The van der Waals surface area contributed by atoms with Gasteiger partial charge in [0, 0.05) is 43.5 Å². The average molecular weight is 455 g/mol. The molecule has 8 heteroatoms. The van der Waals surface area contributed by atoms with Crippen molar-refractivity contribution in [1.82, 2.24) is 20.4 Å². The lowest BCUT2D eigenvalue weighted by molar-refractivity contribution is -0.132. The van der Waals surface area contributed by atoms with Gasteiger partial charge in [-0.1, -0.05) is 24.4 Å². The summed E-state index contributed by atoms with van der Waals surface area (Å²) in [4.78, 5) is 31.4. The highest BCUT2D eigenvalue weighted by Crippen LogP contribution is 2.24. The van der Waals surface area contributed by atoms with Crippen LogP contribution in [0.1, 0.15) is 64.2 Å². The Balaban J connectivity index is 1.19. The van der Waals surface area contributed by atoms with Crippen LogP contribution in [-0.2, 0) is 16.0 Å². The van der Waals surface area contributed by atoms with Crippen LogP contribution in [0.3, 0.4) is 0 Å². The largest absolute Gasteiger partial charge is 0.494 e. The molecule has 2 aromatic rings. The molecule has 2 aliphatic rings. The third kappa shape index (κ3) is 6.33. The molecular weight excluding hydrogens is 420 g/mol. The molecular formula is C25H34N4O4. The zero-order valence-corrected chi connectivity index (χ0v) is 19.4. The van der Waals surface area contributed by atoms with Crippen molar-refractivity contribution in [3.63, 3.8) is 0 Å². The molecule has 1 N–H and O–H groups in total. The van der Waals surface area contributed by atoms with Gasteiger partial charge in [-0.15, -0.1) is 0 Å². The number of aromatic nitrogens is 2. The van der Waals surface area contributed by atoms with E-state index < -0.39 is 0 Å². The van der Waals surface area contributed by atoms with E-state index in [0.29, 0.717) is 44.3 Å². The minimum absolute atomic E-state index is 0.0906. The normalized spacial score (nSPS) is 17.7. The van der Waals surface area contributed by atoms with E-state index in [-0.39, 0.29) is 23.8 Å². The van der Waals surface area contributed by atoms with Gasteiger partial charge in [0.05, 0.1) is 6.61 Å². The van der Waals surface area contributed by atoms with Crippen LogP contribution in [0, 0.1) is 5.92 Å². The minimum atomic E-state index is 0.0906. The first-order valence-corrected chi connectivity index (χ1v) is 12.3. The molecule has 0 spiro atoms. The molecule has 4 rings (SSSR count). The Hall–Kier alpha value is -2.90. The second kappa shape index (κ2) is 11.3. The topological polar surface area (TPSA) is 97.6 Å². The lowest BCUT2D eigenvalue weighted by Crippen LogP contribution is -2.48. The van der Waals surface area contributed by atoms with Crippen molar-refractivity contribution in [2.45, 2.75) is 70.8 Å². The molecule has 1 saturated carbocycles. The van der Waals surface area contributed by atoms with Gasteiger partial charge in [-0.3, -0.25) is 9.59 Å². The molecule has 2 amide bonds. The zero-order chi connectivity index (χ0) is 23.0. The Morgan fingerprint density at radius 2 is 1.82 bits per heavy atom. The van der Waals surface area contributed by atoms with Crippen LogP contribution in [0.2, 0.25) is 0 Å². The fraction of sp³-hybridized carbons (Fsp3) is 0.600. The van der Waals surface area contributed by atoms with Crippen LogP contribution < -0.4 is 10.1 Å². The number of hydrogen-bond donors (Lipinski definition) is 1. The Bertz CT molecular complexity index is 913. The predicted octanol–water partition coefficient (Wildman–Crippen LogP) is 3.76. The third-order valence-corrected chi connectivity index (χ3v) is 6.61. The highest BCUT2D eigenvalue weighted by molar-refractivity contribution is 5.79. The summed E-state index contributed by atoms with van der Waals surface area (Å²) in [5.41, 5.74) is 0.845. The zero-order valence-electron chi connectivity index (χ0n) is 19.4. The van der Waals surface area contributed by atoms with Gasteiger partial charge in [0.25, 0.3) is 0 Å². The van der Waals surface area contributed by atoms with E-state index in [9.17, 15) is 9.59 Å². The maximum Gasteiger partial charge on any atom is 0.227 e. The number of hydrogen-bond acceptors (Lipinski definition) is 6. The van der Waals surface area contributed by atoms with Crippen LogP contribution >= 0.6 is 0 Å². The van der Waals surface area contributed by atoms with E-state index in [1.807, 2.05) is 36.1 Å². The summed E-state index contributed by atoms with van der Waals surface area (Å²) < 4.78 is 10.8. The highest BCUT2D eigenvalue weighted by atomic mass is 16.5. The third-order valence-electron chi connectivity index (χ3n) is 6.61. The first-order valence-electron chi connectivity index (χ1n) is 12.3. The van der Waals surface area contributed by atoms with Gasteiger partial charge < -0.3 is 19.5 Å². The maximum atomic E-state index is 12.7. The summed E-state index contributed by atoms with van der Waals surface area (Å²) in [6.07, 6.45) is 7.97. The van der Waals surface area contributed by atoms with Gasteiger partial charge in [-0.2, -0.15) is 4.98 Å². The highest BCUT2D eigenvalue weighted by Gasteiger charge is 2.27. The number of carbonyl (C=O) groups is 2. The number of carbonyl (C=O) groups excluding carboxylic acids is 2. The lowest BCUT2D eigenvalue weighted by Gasteiger charge is -2.33. The minimum Gasteiger partial charge on any atom is -0.494 e. The summed E-state index contributed by atoms with van der Waals surface area (Å²) in [5, 5.41) is 7.25. The smallest absolute Gasteiger partial charge is 0.227 e. The number of ether oxygens (including phenoxy) is 1. The van der Waals surface area contributed by atoms with Crippen molar-refractivity contribution in [2.75, 3.05) is 19.7 Å². The fourth-order valence-electron chi connectivity index (χ4n) is 4.67. The van der Waals surface area contributed by atoms with Crippen LogP contribution in [-0.4, -0.2) is 52.6 Å². The number of nitrogens with zero attached hydrogens (tertiary/aromatic N) is 3. The number of rotatable bonds is 8. The number of aryl methyl sites for hydroxylation is 1. The van der Waals surface area contributed by atoms with Crippen molar-refractivity contribution in [2.24, 2.45) is 5.92 Å². The summed E-state index contributed by atoms with van der Waals surface area (Å²) in [5.74, 6) is 2.25. The van der Waals surface area contributed by atoms with Crippen LogP contribution in [0.5, 0.6) is 5.75 Å². The Kier molecular flexibility index (Phi) is 7.96. The molecule has 1 aromatic carbocycles. The molecule has 178 valence electrons. The quantitative estimate of drug-likeness (QED) is 0.652. The first kappa shape index (κ1) is 23.3. The molecule has 2 heterocycles.